The summed E-state index contributed by atoms with van der Waals surface area (Å²) in [5.41, 5.74) is 1.80. The van der Waals surface area contributed by atoms with Crippen LogP contribution in [0.2, 0.25) is 0 Å². The van der Waals surface area contributed by atoms with Crippen molar-refractivity contribution in [3.05, 3.63) is 11.6 Å². The molecule has 0 nitrogen and oxygen atoms in total. The smallest absolute Gasteiger partial charge is 0.0320 e. The molecule has 0 heteroatoms. The van der Waals surface area contributed by atoms with Crippen molar-refractivity contribution < 1.29 is 0 Å². The normalized spacial score (nSPS) is 12.0. The van der Waals surface area contributed by atoms with Crippen LogP contribution in [0.5, 0.6) is 0 Å². The summed E-state index contributed by atoms with van der Waals surface area (Å²) in [5, 5.41) is 0. The van der Waals surface area contributed by atoms with Gasteiger partial charge in [0.25, 0.3) is 0 Å². The molecule has 30 heavy (non-hydrogen) atoms. The Balaban J connectivity index is 3.88. The Hall–Kier alpha value is -0.260. The van der Waals surface area contributed by atoms with Crippen molar-refractivity contribution in [2.45, 2.75) is 181 Å². The van der Waals surface area contributed by atoms with E-state index in [9.17, 15) is 0 Å². The molecular weight excluding hydrogens is 360 g/mol. The zero-order valence-electron chi connectivity index (χ0n) is 21.8. The maximum atomic E-state index is 2.65. The van der Waals surface area contributed by atoms with Crippen LogP contribution in [-0.4, -0.2) is 0 Å². The third-order valence-corrected chi connectivity index (χ3v) is 6.69. The molecule has 0 fully saturated rings. The number of rotatable bonds is 25. The summed E-state index contributed by atoms with van der Waals surface area (Å²) in [6.07, 6.45) is 38.4. The highest BCUT2D eigenvalue weighted by Gasteiger charge is 2.00. The van der Waals surface area contributed by atoms with Gasteiger partial charge in [-0.05, 0) is 38.5 Å². The lowest BCUT2D eigenvalue weighted by Crippen LogP contribution is -1.89. The van der Waals surface area contributed by atoms with Gasteiger partial charge in [0.05, 0.1) is 0 Å². The lowest BCUT2D eigenvalue weighted by Gasteiger charge is -2.09. The second kappa shape index (κ2) is 26.8. The van der Waals surface area contributed by atoms with E-state index < -0.39 is 0 Å². The maximum Gasteiger partial charge on any atom is -0.0320 e. The Morgan fingerprint density at radius 1 is 0.367 bits per heavy atom. The second-order valence-corrected chi connectivity index (χ2v) is 9.87. The lowest BCUT2D eigenvalue weighted by atomic mass is 9.97. The Labute approximate surface area is 193 Å². The summed E-state index contributed by atoms with van der Waals surface area (Å²) in [5.74, 6) is 0. The molecular formula is C30H60. The Morgan fingerprint density at radius 3 is 1.03 bits per heavy atom. The topological polar surface area (TPSA) is 0 Å². The van der Waals surface area contributed by atoms with Gasteiger partial charge in [0.2, 0.25) is 0 Å². The number of allylic oxidation sites excluding steroid dienone is 2. The first-order chi connectivity index (χ1) is 14.8. The highest BCUT2D eigenvalue weighted by Crippen LogP contribution is 2.20. The van der Waals surface area contributed by atoms with Gasteiger partial charge < -0.3 is 0 Å². The zero-order chi connectivity index (χ0) is 22.0. The van der Waals surface area contributed by atoms with Gasteiger partial charge in [-0.1, -0.05) is 154 Å². The molecule has 0 amide bonds. The van der Waals surface area contributed by atoms with E-state index in [-0.39, 0.29) is 0 Å². The quantitative estimate of drug-likeness (QED) is 0.102. The van der Waals surface area contributed by atoms with Crippen LogP contribution < -0.4 is 0 Å². The average Bonchev–Trinajstić information content (AvgIpc) is 2.76. The van der Waals surface area contributed by atoms with Crippen molar-refractivity contribution in [3.8, 4) is 0 Å². The molecule has 0 aliphatic carbocycles. The Morgan fingerprint density at radius 2 is 0.667 bits per heavy atom. The molecule has 0 radical (unpaired) electrons. The summed E-state index contributed by atoms with van der Waals surface area (Å²) < 4.78 is 0. The van der Waals surface area contributed by atoms with Crippen molar-refractivity contribution in [3.63, 3.8) is 0 Å². The van der Waals surface area contributed by atoms with Gasteiger partial charge in [-0.25, -0.2) is 0 Å². The van der Waals surface area contributed by atoms with E-state index in [4.69, 9.17) is 0 Å². The molecule has 0 bridgehead atoms. The molecule has 0 unspecified atom stereocenters. The maximum absolute atomic E-state index is 2.65. The van der Waals surface area contributed by atoms with Crippen molar-refractivity contribution in [1.29, 1.82) is 0 Å². The minimum Gasteiger partial charge on any atom is -0.0853 e. The highest BCUT2D eigenvalue weighted by atomic mass is 14.1. The van der Waals surface area contributed by atoms with Crippen molar-refractivity contribution >= 4 is 0 Å². The third-order valence-electron chi connectivity index (χ3n) is 6.69. The minimum absolute atomic E-state index is 1.34. The van der Waals surface area contributed by atoms with Gasteiger partial charge >= 0.3 is 0 Å². The molecule has 0 saturated heterocycles. The fraction of sp³-hybridized carbons (Fsp3) is 0.933. The van der Waals surface area contributed by atoms with Crippen molar-refractivity contribution in [2.24, 2.45) is 0 Å². The van der Waals surface area contributed by atoms with Crippen LogP contribution in [0.25, 0.3) is 0 Å². The van der Waals surface area contributed by atoms with Crippen LogP contribution in [0, 0.1) is 0 Å². The monoisotopic (exact) mass is 420 g/mol. The first-order valence-electron chi connectivity index (χ1n) is 14.5. The SMILES string of the molecule is CCCCCCCC/C=C(\CCCCCCCC)CCCCCCCCCCCC. The molecule has 0 spiro atoms. The predicted octanol–water partition coefficient (Wildman–Crippen LogP) is 11.7. The molecule has 0 atom stereocenters. The molecule has 0 aliphatic heterocycles. The first kappa shape index (κ1) is 29.7. The molecule has 0 aromatic heterocycles. The van der Waals surface area contributed by atoms with Crippen LogP contribution >= 0.6 is 0 Å². The molecule has 0 rings (SSSR count). The third kappa shape index (κ3) is 24.0. The van der Waals surface area contributed by atoms with Gasteiger partial charge in [-0.2, -0.15) is 0 Å². The van der Waals surface area contributed by atoms with E-state index in [1.54, 1.807) is 5.57 Å². The Bertz CT molecular complexity index is 327. The van der Waals surface area contributed by atoms with Crippen LogP contribution in [-0.2, 0) is 0 Å². The summed E-state index contributed by atoms with van der Waals surface area (Å²) in [7, 11) is 0. The fourth-order valence-corrected chi connectivity index (χ4v) is 4.53. The van der Waals surface area contributed by atoms with Gasteiger partial charge in [0.15, 0.2) is 0 Å². The summed E-state index contributed by atoms with van der Waals surface area (Å²) in [6, 6.07) is 0. The average molecular weight is 421 g/mol. The molecule has 0 aromatic rings. The highest BCUT2D eigenvalue weighted by molar-refractivity contribution is 5.01. The fourth-order valence-electron chi connectivity index (χ4n) is 4.53. The van der Waals surface area contributed by atoms with Crippen LogP contribution in [0.4, 0.5) is 0 Å². The van der Waals surface area contributed by atoms with E-state index >= 15 is 0 Å². The van der Waals surface area contributed by atoms with E-state index in [0.717, 1.165) is 0 Å². The summed E-state index contributed by atoms with van der Waals surface area (Å²) >= 11 is 0. The molecule has 0 N–H and O–H groups in total. The largest absolute Gasteiger partial charge is 0.0853 e. The van der Waals surface area contributed by atoms with E-state index in [2.05, 4.69) is 26.8 Å². The van der Waals surface area contributed by atoms with Crippen LogP contribution in [0.15, 0.2) is 11.6 Å². The predicted molar refractivity (Wildman–Crippen MR) is 141 cm³/mol. The van der Waals surface area contributed by atoms with Crippen LogP contribution in [0.3, 0.4) is 0 Å². The van der Waals surface area contributed by atoms with Crippen molar-refractivity contribution in [2.75, 3.05) is 0 Å². The molecule has 0 aliphatic rings. The Kier molecular flexibility index (Phi) is 26.5. The molecule has 0 saturated carbocycles. The second-order valence-electron chi connectivity index (χ2n) is 9.87. The molecule has 0 heterocycles. The van der Waals surface area contributed by atoms with Crippen molar-refractivity contribution in [1.82, 2.24) is 0 Å². The van der Waals surface area contributed by atoms with Gasteiger partial charge in [-0.3, -0.25) is 0 Å². The minimum atomic E-state index is 1.34. The van der Waals surface area contributed by atoms with Gasteiger partial charge in [-0.15, -0.1) is 0 Å². The standard InChI is InChI=1S/C30H60/c1-4-7-10-13-16-17-18-20-23-26-29-30(27-24-21-15-12-9-6-3)28-25-22-19-14-11-8-5-2/h28H,4-27,29H2,1-3H3/b30-28+. The van der Waals surface area contributed by atoms with E-state index in [0.29, 0.717) is 0 Å². The van der Waals surface area contributed by atoms with E-state index in [1.165, 1.54) is 161 Å². The lowest BCUT2D eigenvalue weighted by molar-refractivity contribution is 0.551. The molecule has 0 aromatic carbocycles. The zero-order valence-corrected chi connectivity index (χ0v) is 21.8. The summed E-state index contributed by atoms with van der Waals surface area (Å²) in [4.78, 5) is 0. The van der Waals surface area contributed by atoms with Crippen LogP contribution in [0.1, 0.15) is 181 Å². The van der Waals surface area contributed by atoms with E-state index in [1.807, 2.05) is 0 Å². The molecule has 180 valence electrons. The van der Waals surface area contributed by atoms with Gasteiger partial charge in [0.1, 0.15) is 0 Å². The summed E-state index contributed by atoms with van der Waals surface area (Å²) in [6.45, 7) is 6.93. The number of hydrogen-bond donors (Lipinski definition) is 0. The number of unbranched alkanes of at least 4 members (excludes halogenated alkanes) is 20. The van der Waals surface area contributed by atoms with Gasteiger partial charge in [0, 0.05) is 0 Å². The number of hydrogen-bond acceptors (Lipinski definition) is 0. The first-order valence-corrected chi connectivity index (χ1v) is 14.5.